The number of amides is 1. The number of pyridine rings is 1. The summed E-state index contributed by atoms with van der Waals surface area (Å²) in [5.41, 5.74) is 0.789. The number of rotatable bonds is 8. The summed E-state index contributed by atoms with van der Waals surface area (Å²) in [5, 5.41) is 2.80. The third-order valence-electron chi connectivity index (χ3n) is 5.38. The third kappa shape index (κ3) is 5.10. The first-order chi connectivity index (χ1) is 17.1. The molecule has 0 spiro atoms. The molecule has 0 saturated carbocycles. The van der Waals surface area contributed by atoms with Gasteiger partial charge in [0, 0.05) is 42.7 Å². The molecule has 4 aromatic rings. The van der Waals surface area contributed by atoms with Crippen molar-refractivity contribution in [2.45, 2.75) is 13.8 Å². The number of nitrogens with zero attached hydrogens (tertiary/aromatic N) is 1. The molecule has 36 heavy (non-hydrogen) atoms. The Labute approximate surface area is 206 Å². The van der Waals surface area contributed by atoms with Crippen molar-refractivity contribution in [1.29, 1.82) is 0 Å². The van der Waals surface area contributed by atoms with Crippen molar-refractivity contribution in [2.24, 2.45) is 7.05 Å². The fourth-order valence-corrected chi connectivity index (χ4v) is 4.21. The van der Waals surface area contributed by atoms with Crippen LogP contribution in [0.4, 0.5) is 10.1 Å². The number of anilines is 1. The van der Waals surface area contributed by atoms with Crippen LogP contribution in [0.5, 0.6) is 11.5 Å². The second-order valence-corrected chi connectivity index (χ2v) is 9.96. The van der Waals surface area contributed by atoms with E-state index in [1.165, 1.54) is 54.1 Å². The maximum atomic E-state index is 13.4. The molecule has 4 rings (SSSR count). The quantitative estimate of drug-likeness (QED) is 0.364. The van der Waals surface area contributed by atoms with E-state index in [4.69, 9.17) is 9.15 Å². The fraction of sp³-hybridized carbons (Fsp3) is 0.200. The van der Waals surface area contributed by atoms with E-state index < -0.39 is 21.7 Å². The molecule has 0 unspecified atom stereocenters. The number of hydrogen-bond acceptors (Lipinski definition) is 6. The van der Waals surface area contributed by atoms with Gasteiger partial charge in [-0.15, -0.1) is 0 Å². The summed E-state index contributed by atoms with van der Waals surface area (Å²) in [6, 6.07) is 11.4. The topological polar surface area (TPSA) is 120 Å². The van der Waals surface area contributed by atoms with Gasteiger partial charge in [0.2, 0.25) is 10.0 Å². The number of nitrogens with one attached hydrogen (secondary N) is 2. The summed E-state index contributed by atoms with van der Waals surface area (Å²) in [4.78, 5) is 25.2. The van der Waals surface area contributed by atoms with Gasteiger partial charge in [-0.3, -0.25) is 14.3 Å². The van der Waals surface area contributed by atoms with E-state index in [9.17, 15) is 22.4 Å². The van der Waals surface area contributed by atoms with Gasteiger partial charge in [-0.1, -0.05) is 0 Å². The van der Waals surface area contributed by atoms with Crippen LogP contribution in [0.2, 0.25) is 0 Å². The van der Waals surface area contributed by atoms with Crippen molar-refractivity contribution >= 4 is 32.6 Å². The summed E-state index contributed by atoms with van der Waals surface area (Å²) in [6.45, 7) is 3.64. The van der Waals surface area contributed by atoms with Crippen molar-refractivity contribution in [3.8, 4) is 22.6 Å². The van der Waals surface area contributed by atoms with E-state index in [1.54, 1.807) is 26.1 Å². The fourth-order valence-electron chi connectivity index (χ4n) is 3.58. The SMILES string of the molecule is CCNC(=O)c1cc2c(=O)n(C)cc(-c3cc(NS(=O)(=O)CC)ccc3Oc3ccc(F)cc3)c2o1. The van der Waals surface area contributed by atoms with Gasteiger partial charge in [0.1, 0.15) is 22.9 Å². The molecule has 0 bridgehead atoms. The van der Waals surface area contributed by atoms with E-state index in [2.05, 4.69) is 10.0 Å². The Morgan fingerprint density at radius 1 is 1.08 bits per heavy atom. The molecule has 1 amide bonds. The van der Waals surface area contributed by atoms with E-state index in [-0.39, 0.29) is 39.5 Å². The predicted octanol–water partition coefficient (Wildman–Crippen LogP) is 4.24. The maximum Gasteiger partial charge on any atom is 0.287 e. The number of carbonyl (C=O) groups excluding carboxylic acids is 1. The minimum atomic E-state index is -3.58. The molecule has 2 aromatic carbocycles. The van der Waals surface area contributed by atoms with Crippen molar-refractivity contribution in [1.82, 2.24) is 9.88 Å². The van der Waals surface area contributed by atoms with Crippen molar-refractivity contribution < 1.29 is 26.8 Å². The first-order valence-electron chi connectivity index (χ1n) is 11.1. The van der Waals surface area contributed by atoms with E-state index >= 15 is 0 Å². The smallest absolute Gasteiger partial charge is 0.287 e. The largest absolute Gasteiger partial charge is 0.457 e. The number of fused-ring (bicyclic) bond motifs is 1. The molecule has 0 aliphatic carbocycles. The first kappa shape index (κ1) is 25.0. The van der Waals surface area contributed by atoms with Crippen LogP contribution in [0.1, 0.15) is 24.4 Å². The van der Waals surface area contributed by atoms with E-state index in [1.807, 2.05) is 0 Å². The number of furan rings is 1. The van der Waals surface area contributed by atoms with Gasteiger partial charge in [-0.05, 0) is 56.3 Å². The molecule has 0 saturated heterocycles. The number of sulfonamides is 1. The van der Waals surface area contributed by atoms with Crippen LogP contribution in [-0.2, 0) is 17.1 Å². The van der Waals surface area contributed by atoms with Crippen LogP contribution in [0, 0.1) is 5.82 Å². The molecule has 9 nitrogen and oxygen atoms in total. The van der Waals surface area contributed by atoms with Crippen LogP contribution in [0.3, 0.4) is 0 Å². The number of hydrogen-bond donors (Lipinski definition) is 2. The monoisotopic (exact) mass is 513 g/mol. The first-order valence-corrected chi connectivity index (χ1v) is 12.8. The van der Waals surface area contributed by atoms with Gasteiger partial charge >= 0.3 is 0 Å². The summed E-state index contributed by atoms with van der Waals surface area (Å²) in [6.07, 6.45) is 1.51. The van der Waals surface area contributed by atoms with Crippen molar-refractivity contribution in [2.75, 3.05) is 17.0 Å². The average molecular weight is 514 g/mol. The predicted molar refractivity (Wildman–Crippen MR) is 134 cm³/mol. The molecule has 2 aromatic heterocycles. The minimum absolute atomic E-state index is 0.0414. The highest BCUT2D eigenvalue weighted by Crippen LogP contribution is 2.39. The lowest BCUT2D eigenvalue weighted by Gasteiger charge is -2.15. The summed E-state index contributed by atoms with van der Waals surface area (Å²) in [7, 11) is -2.03. The van der Waals surface area contributed by atoms with Crippen LogP contribution in [-0.4, -0.2) is 31.2 Å². The lowest BCUT2D eigenvalue weighted by atomic mass is 10.0. The van der Waals surface area contributed by atoms with Gasteiger partial charge in [0.25, 0.3) is 11.5 Å². The highest BCUT2D eigenvalue weighted by Gasteiger charge is 2.21. The molecular formula is C25H24FN3O6S. The molecule has 188 valence electrons. The zero-order valence-electron chi connectivity index (χ0n) is 19.8. The lowest BCUT2D eigenvalue weighted by Crippen LogP contribution is -2.22. The Balaban J connectivity index is 1.94. The summed E-state index contributed by atoms with van der Waals surface area (Å²) in [5.74, 6) is -0.455. The standard InChI is InChI=1S/C25H24FN3O6S/c1-4-27-24(30)22-13-19-23(35-22)20(14-29(3)25(19)31)18-12-16(28-36(32,33)5-2)8-11-21(18)34-17-9-6-15(26)7-10-17/h6-14,28H,4-5H2,1-3H3,(H,27,30). The number of aromatic nitrogens is 1. The second kappa shape index (κ2) is 9.86. The summed E-state index contributed by atoms with van der Waals surface area (Å²) < 4.78 is 53.4. The van der Waals surface area contributed by atoms with E-state index in [0.717, 1.165) is 0 Å². The average Bonchev–Trinajstić information content (AvgIpc) is 3.30. The third-order valence-corrected chi connectivity index (χ3v) is 6.68. The molecule has 11 heteroatoms. The van der Waals surface area contributed by atoms with Crippen LogP contribution in [0.15, 0.2) is 63.9 Å². The molecule has 0 aliphatic rings. The molecule has 0 atom stereocenters. The number of halogens is 1. The number of aryl methyl sites for hydroxylation is 1. The zero-order chi connectivity index (χ0) is 26.0. The molecule has 0 radical (unpaired) electrons. The highest BCUT2D eigenvalue weighted by atomic mass is 32.2. The van der Waals surface area contributed by atoms with Gasteiger partial charge in [-0.2, -0.15) is 0 Å². The highest BCUT2D eigenvalue weighted by molar-refractivity contribution is 7.92. The summed E-state index contributed by atoms with van der Waals surface area (Å²) >= 11 is 0. The Hall–Kier alpha value is -4.12. The van der Waals surface area contributed by atoms with Gasteiger partial charge < -0.3 is 19.0 Å². The van der Waals surface area contributed by atoms with Crippen LogP contribution < -0.4 is 20.3 Å². The van der Waals surface area contributed by atoms with Crippen molar-refractivity contribution in [3.63, 3.8) is 0 Å². The molecule has 0 aliphatic heterocycles. The van der Waals surface area contributed by atoms with E-state index in [0.29, 0.717) is 23.4 Å². The molecule has 0 fully saturated rings. The molecule has 2 heterocycles. The Bertz CT molecular complexity index is 1610. The Morgan fingerprint density at radius 2 is 1.81 bits per heavy atom. The van der Waals surface area contributed by atoms with Gasteiger partial charge in [0.15, 0.2) is 5.76 Å². The van der Waals surface area contributed by atoms with Gasteiger partial charge in [-0.25, -0.2) is 12.8 Å². The second-order valence-electron chi connectivity index (χ2n) is 7.94. The van der Waals surface area contributed by atoms with Crippen LogP contribution in [0.25, 0.3) is 22.1 Å². The Kier molecular flexibility index (Phi) is 6.84. The van der Waals surface area contributed by atoms with Crippen LogP contribution >= 0.6 is 0 Å². The number of carbonyl (C=O) groups is 1. The van der Waals surface area contributed by atoms with Crippen molar-refractivity contribution in [3.05, 3.63) is 76.7 Å². The molecular weight excluding hydrogens is 489 g/mol. The maximum absolute atomic E-state index is 13.4. The lowest BCUT2D eigenvalue weighted by molar-refractivity contribution is 0.0930. The number of ether oxygens (including phenoxy) is 1. The normalized spacial score (nSPS) is 11.4. The zero-order valence-corrected chi connectivity index (χ0v) is 20.6. The molecule has 2 N–H and O–H groups in total. The number of benzene rings is 2. The minimum Gasteiger partial charge on any atom is -0.457 e. The Morgan fingerprint density at radius 3 is 2.47 bits per heavy atom. The van der Waals surface area contributed by atoms with Gasteiger partial charge in [0.05, 0.1) is 11.1 Å².